The van der Waals surface area contributed by atoms with Crippen LogP contribution in [0.25, 0.3) is 11.5 Å². The number of esters is 1. The first-order chi connectivity index (χ1) is 12.4. The molecule has 1 aromatic carbocycles. The van der Waals surface area contributed by atoms with E-state index in [4.69, 9.17) is 13.9 Å². The van der Waals surface area contributed by atoms with Crippen molar-refractivity contribution in [3.05, 3.63) is 42.0 Å². The number of benzene rings is 1. The Bertz CT molecular complexity index is 694. The normalized spacial score (nSPS) is 11.5. The van der Waals surface area contributed by atoms with Crippen molar-refractivity contribution < 1.29 is 23.1 Å². The van der Waals surface area contributed by atoms with Crippen LogP contribution in [0, 0.1) is 5.82 Å². The van der Waals surface area contributed by atoms with Gasteiger partial charge in [0.1, 0.15) is 12.1 Å². The maximum Gasteiger partial charge on any atom is 0.337 e. The van der Waals surface area contributed by atoms with Gasteiger partial charge in [0.15, 0.2) is 5.60 Å². The minimum atomic E-state index is -0.897. The van der Waals surface area contributed by atoms with Gasteiger partial charge in [-0.2, -0.15) is 0 Å². The van der Waals surface area contributed by atoms with Crippen LogP contribution >= 0.6 is 0 Å². The quantitative estimate of drug-likeness (QED) is 0.458. The third-order valence-electron chi connectivity index (χ3n) is 4.11. The minimum absolute atomic E-state index is 0.278. The largest absolute Gasteiger partial charge is 0.467 e. The van der Waals surface area contributed by atoms with Crippen molar-refractivity contribution >= 4 is 5.97 Å². The molecule has 0 atom stereocenters. The molecule has 142 valence electrons. The number of carbonyl (C=O) groups is 1. The molecule has 0 unspecified atom stereocenters. The molecule has 0 saturated carbocycles. The van der Waals surface area contributed by atoms with Crippen LogP contribution in [0.15, 0.2) is 34.9 Å². The first-order valence-corrected chi connectivity index (χ1v) is 8.85. The summed E-state index contributed by atoms with van der Waals surface area (Å²) in [4.78, 5) is 15.9. The average molecular weight is 363 g/mol. The minimum Gasteiger partial charge on any atom is -0.467 e. The summed E-state index contributed by atoms with van der Waals surface area (Å²) < 4.78 is 28.7. The lowest BCUT2D eigenvalue weighted by Crippen LogP contribution is -2.36. The van der Waals surface area contributed by atoms with Crippen molar-refractivity contribution in [1.29, 1.82) is 0 Å². The van der Waals surface area contributed by atoms with E-state index in [-0.39, 0.29) is 11.8 Å². The highest BCUT2D eigenvalue weighted by molar-refractivity contribution is 5.78. The summed E-state index contributed by atoms with van der Waals surface area (Å²) >= 11 is 0. The summed E-state index contributed by atoms with van der Waals surface area (Å²) in [6.45, 7) is 3.95. The topological polar surface area (TPSA) is 61.6 Å². The number of unbranched alkanes of at least 4 members (excludes halogenated alkanes) is 3. The Morgan fingerprint density at radius 2 is 1.85 bits per heavy atom. The molecule has 0 aliphatic rings. The first kappa shape index (κ1) is 20.1. The Kier molecular flexibility index (Phi) is 7.33. The zero-order valence-electron chi connectivity index (χ0n) is 15.6. The molecule has 6 heteroatoms. The Balaban J connectivity index is 1.63. The van der Waals surface area contributed by atoms with Crippen LogP contribution in [0.5, 0.6) is 0 Å². The molecule has 0 aliphatic carbocycles. The summed E-state index contributed by atoms with van der Waals surface area (Å²) in [5, 5.41) is 0. The van der Waals surface area contributed by atoms with Gasteiger partial charge in [0.2, 0.25) is 5.89 Å². The third-order valence-corrected chi connectivity index (χ3v) is 4.11. The molecule has 0 fully saturated rings. The number of ether oxygens (including phenoxy) is 2. The summed E-state index contributed by atoms with van der Waals surface area (Å²) in [6, 6.07) is 6.09. The van der Waals surface area contributed by atoms with E-state index in [1.807, 2.05) is 0 Å². The van der Waals surface area contributed by atoms with Crippen LogP contribution < -0.4 is 0 Å². The number of methoxy groups -OCH3 is 1. The van der Waals surface area contributed by atoms with Gasteiger partial charge in [-0.1, -0.05) is 12.8 Å². The second kappa shape index (κ2) is 9.48. The first-order valence-electron chi connectivity index (χ1n) is 8.85. The van der Waals surface area contributed by atoms with Gasteiger partial charge in [0, 0.05) is 12.2 Å². The molecule has 1 heterocycles. The van der Waals surface area contributed by atoms with Gasteiger partial charge >= 0.3 is 5.97 Å². The molecule has 2 rings (SSSR count). The summed E-state index contributed by atoms with van der Waals surface area (Å²) in [6.07, 6.45) is 6.43. The van der Waals surface area contributed by atoms with Crippen molar-refractivity contribution in [2.75, 3.05) is 13.7 Å². The van der Waals surface area contributed by atoms with E-state index in [1.54, 1.807) is 32.2 Å². The fourth-order valence-electron chi connectivity index (χ4n) is 2.54. The Labute approximate surface area is 153 Å². The van der Waals surface area contributed by atoms with Crippen LogP contribution in [0.3, 0.4) is 0 Å². The Hall–Kier alpha value is -2.21. The molecule has 0 N–H and O–H groups in total. The van der Waals surface area contributed by atoms with Gasteiger partial charge in [-0.25, -0.2) is 14.2 Å². The molecular weight excluding hydrogens is 337 g/mol. The highest BCUT2D eigenvalue weighted by atomic mass is 19.1. The van der Waals surface area contributed by atoms with Crippen LogP contribution in [0.2, 0.25) is 0 Å². The fourth-order valence-corrected chi connectivity index (χ4v) is 2.54. The molecule has 1 aromatic heterocycles. The smallest absolute Gasteiger partial charge is 0.337 e. The summed E-state index contributed by atoms with van der Waals surface area (Å²) in [5.74, 6) is -0.126. The van der Waals surface area contributed by atoms with E-state index in [2.05, 4.69) is 4.98 Å². The number of carbonyl (C=O) groups excluding carboxylic acids is 1. The number of aromatic nitrogens is 1. The molecule has 2 aromatic rings. The number of hydrogen-bond donors (Lipinski definition) is 0. The van der Waals surface area contributed by atoms with Gasteiger partial charge in [0.05, 0.1) is 12.8 Å². The second-order valence-corrected chi connectivity index (χ2v) is 6.67. The molecule has 0 radical (unpaired) electrons. The van der Waals surface area contributed by atoms with E-state index < -0.39 is 5.60 Å². The van der Waals surface area contributed by atoms with Gasteiger partial charge in [-0.3, -0.25) is 0 Å². The zero-order valence-corrected chi connectivity index (χ0v) is 15.6. The van der Waals surface area contributed by atoms with Crippen molar-refractivity contribution in [3.63, 3.8) is 0 Å². The highest BCUT2D eigenvalue weighted by Crippen LogP contribution is 2.20. The van der Waals surface area contributed by atoms with Crippen molar-refractivity contribution in [2.45, 2.75) is 51.6 Å². The predicted molar refractivity (Wildman–Crippen MR) is 96.1 cm³/mol. The number of oxazole rings is 1. The molecule has 0 spiro atoms. The zero-order chi connectivity index (χ0) is 19.0. The van der Waals surface area contributed by atoms with Crippen LogP contribution in [-0.4, -0.2) is 30.3 Å². The number of nitrogens with zero attached hydrogens (tertiary/aromatic N) is 1. The van der Waals surface area contributed by atoms with E-state index in [0.29, 0.717) is 12.5 Å². The molecule has 0 saturated heterocycles. The molecule has 0 aliphatic heterocycles. The second-order valence-electron chi connectivity index (χ2n) is 6.67. The lowest BCUT2D eigenvalue weighted by Gasteiger charge is -2.22. The maximum atomic E-state index is 12.9. The van der Waals surface area contributed by atoms with Gasteiger partial charge in [-0.15, -0.1) is 0 Å². The standard InChI is InChI=1S/C20H26FNO4/c1-20(2,19(23)24-3)26-13-7-5-4-6-8-17-14-25-18(22-17)15-9-11-16(21)12-10-15/h9-12,14H,4-8,13H2,1-3H3. The third kappa shape index (κ3) is 5.95. The molecule has 0 amide bonds. The summed E-state index contributed by atoms with van der Waals surface area (Å²) in [7, 11) is 1.36. The van der Waals surface area contributed by atoms with Gasteiger partial charge < -0.3 is 13.9 Å². The number of aryl methyl sites for hydroxylation is 1. The predicted octanol–water partition coefficient (Wildman–Crippen LogP) is 4.55. The fraction of sp³-hybridized carbons (Fsp3) is 0.500. The van der Waals surface area contributed by atoms with Crippen molar-refractivity contribution in [2.24, 2.45) is 0 Å². The average Bonchev–Trinajstić information content (AvgIpc) is 3.09. The summed E-state index contributed by atoms with van der Waals surface area (Å²) in [5.41, 5.74) is 0.766. The molecule has 5 nitrogen and oxygen atoms in total. The number of halogens is 1. The van der Waals surface area contributed by atoms with Crippen molar-refractivity contribution in [3.8, 4) is 11.5 Å². The lowest BCUT2D eigenvalue weighted by molar-refractivity contribution is -0.165. The lowest BCUT2D eigenvalue weighted by atomic mass is 10.1. The van der Waals surface area contributed by atoms with Crippen LogP contribution in [0.4, 0.5) is 4.39 Å². The van der Waals surface area contributed by atoms with E-state index >= 15 is 0 Å². The van der Waals surface area contributed by atoms with Gasteiger partial charge in [0.25, 0.3) is 0 Å². The van der Waals surface area contributed by atoms with Crippen molar-refractivity contribution in [1.82, 2.24) is 4.98 Å². The van der Waals surface area contributed by atoms with Gasteiger partial charge in [-0.05, 0) is 57.4 Å². The Morgan fingerprint density at radius 1 is 1.15 bits per heavy atom. The van der Waals surface area contributed by atoms with E-state index in [0.717, 1.165) is 43.4 Å². The number of hydrogen-bond acceptors (Lipinski definition) is 5. The van der Waals surface area contributed by atoms with E-state index in [1.165, 1.54) is 19.2 Å². The SMILES string of the molecule is COC(=O)C(C)(C)OCCCCCCc1coc(-c2ccc(F)cc2)n1. The monoisotopic (exact) mass is 363 g/mol. The molecule has 0 bridgehead atoms. The molecule has 26 heavy (non-hydrogen) atoms. The number of rotatable bonds is 10. The highest BCUT2D eigenvalue weighted by Gasteiger charge is 2.29. The maximum absolute atomic E-state index is 12.9. The van der Waals surface area contributed by atoms with Crippen LogP contribution in [-0.2, 0) is 20.7 Å². The van der Waals surface area contributed by atoms with Crippen LogP contribution in [0.1, 0.15) is 45.2 Å². The van der Waals surface area contributed by atoms with E-state index in [9.17, 15) is 9.18 Å². The molecular formula is C20H26FNO4. The Morgan fingerprint density at radius 3 is 2.54 bits per heavy atom.